The van der Waals surface area contributed by atoms with E-state index in [0.717, 1.165) is 5.56 Å². The summed E-state index contributed by atoms with van der Waals surface area (Å²) in [5, 5.41) is 0. The van der Waals surface area contributed by atoms with Crippen LogP contribution in [0.25, 0.3) is 0 Å². The van der Waals surface area contributed by atoms with Crippen molar-refractivity contribution < 1.29 is 13.2 Å². The summed E-state index contributed by atoms with van der Waals surface area (Å²) in [5.74, 6) is 0.270. The van der Waals surface area contributed by atoms with Crippen LogP contribution in [-0.4, -0.2) is 54.4 Å². The van der Waals surface area contributed by atoms with Crippen LogP contribution >= 0.6 is 0 Å². The predicted molar refractivity (Wildman–Crippen MR) is 92.0 cm³/mol. The summed E-state index contributed by atoms with van der Waals surface area (Å²) < 4.78 is 23.5. The second-order valence-electron chi connectivity index (χ2n) is 6.33. The second-order valence-corrected chi connectivity index (χ2v) is 8.56. The number of rotatable bonds is 5. The Kier molecular flexibility index (Phi) is 5.68. The topological polar surface area (TPSA) is 57.7 Å². The van der Waals surface area contributed by atoms with Crippen LogP contribution in [0.5, 0.6) is 0 Å². The number of carbonyl (C=O) groups excluding carboxylic acids is 1. The molecule has 6 heteroatoms. The first-order chi connectivity index (χ1) is 10.8. The quantitative estimate of drug-likeness (QED) is 0.829. The third kappa shape index (κ3) is 4.47. The van der Waals surface area contributed by atoms with Crippen molar-refractivity contribution in [3.8, 4) is 0 Å². The molecule has 2 amide bonds. The van der Waals surface area contributed by atoms with E-state index >= 15 is 0 Å². The van der Waals surface area contributed by atoms with E-state index in [0.29, 0.717) is 19.5 Å². The second kappa shape index (κ2) is 7.34. The SMILES string of the molecule is CCN(C(=O)N(Cc1ccccc1)C(C)C)C1CCS(=O)(=O)C1. The van der Waals surface area contributed by atoms with Gasteiger partial charge in [-0.3, -0.25) is 0 Å². The molecule has 0 radical (unpaired) electrons. The van der Waals surface area contributed by atoms with Crippen molar-refractivity contribution in [3.63, 3.8) is 0 Å². The average molecular weight is 338 g/mol. The normalized spacial score (nSPS) is 19.7. The van der Waals surface area contributed by atoms with Gasteiger partial charge >= 0.3 is 6.03 Å². The molecule has 0 N–H and O–H groups in total. The number of urea groups is 1. The molecule has 0 spiro atoms. The van der Waals surface area contributed by atoms with Crippen molar-refractivity contribution in [2.45, 2.75) is 45.8 Å². The molecule has 0 saturated carbocycles. The summed E-state index contributed by atoms with van der Waals surface area (Å²) in [6, 6.07) is 9.64. The van der Waals surface area contributed by atoms with E-state index in [1.165, 1.54) is 0 Å². The first-order valence-corrected chi connectivity index (χ1v) is 9.97. The monoisotopic (exact) mass is 338 g/mol. The van der Waals surface area contributed by atoms with Crippen LogP contribution < -0.4 is 0 Å². The maximum Gasteiger partial charge on any atom is 0.320 e. The molecule has 0 bridgehead atoms. The van der Waals surface area contributed by atoms with Gasteiger partial charge in [-0.05, 0) is 32.8 Å². The van der Waals surface area contributed by atoms with Crippen molar-refractivity contribution in [2.75, 3.05) is 18.1 Å². The van der Waals surface area contributed by atoms with Gasteiger partial charge in [0.1, 0.15) is 0 Å². The standard InChI is InChI=1S/C17H26N2O3S/c1-4-18(16-10-11-23(21,22)13-16)17(20)19(14(2)3)12-15-8-6-5-7-9-15/h5-9,14,16H,4,10-13H2,1-3H3. The Hall–Kier alpha value is -1.56. The van der Waals surface area contributed by atoms with Gasteiger partial charge in [-0.2, -0.15) is 0 Å². The van der Waals surface area contributed by atoms with Crippen LogP contribution in [0.2, 0.25) is 0 Å². The zero-order chi connectivity index (χ0) is 17.0. The van der Waals surface area contributed by atoms with E-state index in [2.05, 4.69) is 0 Å². The van der Waals surface area contributed by atoms with E-state index in [1.807, 2.05) is 56.0 Å². The first kappa shape index (κ1) is 17.8. The summed E-state index contributed by atoms with van der Waals surface area (Å²) in [5.41, 5.74) is 1.07. The van der Waals surface area contributed by atoms with Crippen LogP contribution in [-0.2, 0) is 16.4 Å². The molecule has 1 saturated heterocycles. The number of nitrogens with zero attached hydrogens (tertiary/aromatic N) is 2. The number of benzene rings is 1. The van der Waals surface area contributed by atoms with Gasteiger partial charge in [0.25, 0.3) is 0 Å². The molecule has 5 nitrogen and oxygen atoms in total. The molecule has 0 aromatic heterocycles. The lowest BCUT2D eigenvalue weighted by molar-refractivity contribution is 0.125. The molecule has 128 valence electrons. The lowest BCUT2D eigenvalue weighted by atomic mass is 10.2. The Morgan fingerprint density at radius 2 is 1.91 bits per heavy atom. The van der Waals surface area contributed by atoms with Crippen LogP contribution in [0.4, 0.5) is 4.79 Å². The highest BCUT2D eigenvalue weighted by atomic mass is 32.2. The maximum atomic E-state index is 13.0. The molecule has 1 atom stereocenters. The molecule has 1 aliphatic heterocycles. The summed E-state index contributed by atoms with van der Waals surface area (Å²) in [6.07, 6.45) is 0.541. The first-order valence-electron chi connectivity index (χ1n) is 8.15. The Morgan fingerprint density at radius 1 is 1.26 bits per heavy atom. The van der Waals surface area contributed by atoms with Gasteiger partial charge in [0.2, 0.25) is 0 Å². The molecule has 1 heterocycles. The number of hydrogen-bond acceptors (Lipinski definition) is 3. The third-order valence-corrected chi connectivity index (χ3v) is 6.05. The van der Waals surface area contributed by atoms with Crippen molar-refractivity contribution in [3.05, 3.63) is 35.9 Å². The largest absolute Gasteiger partial charge is 0.321 e. The summed E-state index contributed by atoms with van der Waals surface area (Å²) in [4.78, 5) is 16.5. The highest BCUT2D eigenvalue weighted by Crippen LogP contribution is 2.21. The Morgan fingerprint density at radius 3 is 2.39 bits per heavy atom. The maximum absolute atomic E-state index is 13.0. The summed E-state index contributed by atoms with van der Waals surface area (Å²) in [7, 11) is -3.00. The Bertz CT molecular complexity index is 628. The average Bonchev–Trinajstić information content (AvgIpc) is 2.86. The van der Waals surface area contributed by atoms with Crippen LogP contribution in [0, 0.1) is 0 Å². The van der Waals surface area contributed by atoms with E-state index in [4.69, 9.17) is 0 Å². The Labute approximate surface area is 139 Å². The Balaban J connectivity index is 2.15. The van der Waals surface area contributed by atoms with Crippen LogP contribution in [0.15, 0.2) is 30.3 Å². The molecule has 0 aliphatic carbocycles. The number of amides is 2. The van der Waals surface area contributed by atoms with Gasteiger partial charge in [0, 0.05) is 25.2 Å². The van der Waals surface area contributed by atoms with E-state index in [9.17, 15) is 13.2 Å². The zero-order valence-corrected chi connectivity index (χ0v) is 14.9. The lowest BCUT2D eigenvalue weighted by Gasteiger charge is -2.35. The molecule has 1 aromatic carbocycles. The van der Waals surface area contributed by atoms with Crippen molar-refractivity contribution in [1.82, 2.24) is 9.80 Å². The predicted octanol–water partition coefficient (Wildman–Crippen LogP) is 2.53. The molecule has 1 aliphatic rings. The van der Waals surface area contributed by atoms with Gasteiger partial charge in [-0.1, -0.05) is 30.3 Å². The van der Waals surface area contributed by atoms with Crippen molar-refractivity contribution in [1.29, 1.82) is 0 Å². The summed E-state index contributed by atoms with van der Waals surface area (Å²) in [6.45, 7) is 6.94. The molecule has 2 rings (SSSR count). The fraction of sp³-hybridized carbons (Fsp3) is 0.588. The van der Waals surface area contributed by atoms with Crippen LogP contribution in [0.3, 0.4) is 0 Å². The van der Waals surface area contributed by atoms with E-state index in [1.54, 1.807) is 4.90 Å². The molecule has 1 aromatic rings. The van der Waals surface area contributed by atoms with Gasteiger partial charge in [-0.15, -0.1) is 0 Å². The molecule has 1 unspecified atom stereocenters. The van der Waals surface area contributed by atoms with Gasteiger partial charge in [0.15, 0.2) is 9.84 Å². The van der Waals surface area contributed by atoms with Crippen molar-refractivity contribution >= 4 is 15.9 Å². The third-order valence-electron chi connectivity index (χ3n) is 4.30. The highest BCUT2D eigenvalue weighted by Gasteiger charge is 2.36. The van der Waals surface area contributed by atoms with Crippen LogP contribution in [0.1, 0.15) is 32.8 Å². The number of carbonyl (C=O) groups is 1. The van der Waals surface area contributed by atoms with Gasteiger partial charge in [0.05, 0.1) is 11.5 Å². The van der Waals surface area contributed by atoms with E-state index in [-0.39, 0.29) is 29.6 Å². The number of hydrogen-bond donors (Lipinski definition) is 0. The molecule has 1 fully saturated rings. The number of sulfone groups is 1. The zero-order valence-electron chi connectivity index (χ0n) is 14.1. The summed E-state index contributed by atoms with van der Waals surface area (Å²) >= 11 is 0. The molecular weight excluding hydrogens is 312 g/mol. The van der Waals surface area contributed by atoms with Crippen molar-refractivity contribution in [2.24, 2.45) is 0 Å². The van der Waals surface area contributed by atoms with Gasteiger partial charge in [-0.25, -0.2) is 13.2 Å². The minimum absolute atomic E-state index is 0.0507. The van der Waals surface area contributed by atoms with Gasteiger partial charge < -0.3 is 9.80 Å². The minimum Gasteiger partial charge on any atom is -0.321 e. The smallest absolute Gasteiger partial charge is 0.320 e. The molecule has 23 heavy (non-hydrogen) atoms. The van der Waals surface area contributed by atoms with E-state index < -0.39 is 9.84 Å². The fourth-order valence-corrected chi connectivity index (χ4v) is 4.72. The molecular formula is C17H26N2O3S. The minimum atomic E-state index is -3.00. The fourth-order valence-electron chi connectivity index (χ4n) is 2.99. The highest BCUT2D eigenvalue weighted by molar-refractivity contribution is 7.91. The lowest BCUT2D eigenvalue weighted by Crippen LogP contribution is -2.50.